The first-order chi connectivity index (χ1) is 9.31. The van der Waals surface area contributed by atoms with E-state index in [1.165, 1.54) is 17.2 Å². The van der Waals surface area contributed by atoms with Gasteiger partial charge in [0.15, 0.2) is 0 Å². The molecule has 1 aromatic heterocycles. The number of likely N-dealkylation sites (N-methyl/N-ethyl adjacent to an activating group) is 1. The molecule has 1 rings (SSSR count). The van der Waals surface area contributed by atoms with Crippen LogP contribution in [0.4, 0.5) is 0 Å². The van der Waals surface area contributed by atoms with E-state index in [1.54, 1.807) is 13.1 Å². The average molecular weight is 294 g/mol. The molecule has 0 aliphatic carbocycles. The lowest BCUT2D eigenvalue weighted by molar-refractivity contribution is -0.122. The second-order valence-electron chi connectivity index (χ2n) is 4.68. The fourth-order valence-electron chi connectivity index (χ4n) is 1.52. The topological polar surface area (TPSA) is 88.3 Å². The summed E-state index contributed by atoms with van der Waals surface area (Å²) in [7, 11) is 1.55. The highest BCUT2D eigenvalue weighted by atomic mass is 32.1. The molecule has 0 radical (unpaired) electrons. The number of hydrogen-bond acceptors (Lipinski definition) is 4. The molecule has 0 aliphatic rings. The summed E-state index contributed by atoms with van der Waals surface area (Å²) in [5.74, 6) is -0.547. The normalized spacial score (nSPS) is 10.2. The number of nitrogens with one attached hydrogen (secondary N) is 1. The number of nitrogens with two attached hydrogens (primary N) is 1. The summed E-state index contributed by atoms with van der Waals surface area (Å²) < 4.78 is 0. The van der Waals surface area contributed by atoms with Crippen molar-refractivity contribution >= 4 is 29.0 Å². The van der Waals surface area contributed by atoms with E-state index < -0.39 is 0 Å². The Morgan fingerprint density at radius 2 is 2.10 bits per heavy atom. The number of aromatic nitrogens is 1. The number of amides is 2. The maximum Gasteiger partial charge on any atom is 0.272 e. The van der Waals surface area contributed by atoms with Gasteiger partial charge in [-0.1, -0.05) is 12.2 Å². The number of pyridine rings is 1. The molecule has 0 atom stereocenters. The number of hydrogen-bond donors (Lipinski definition) is 2. The van der Waals surface area contributed by atoms with E-state index in [0.717, 1.165) is 0 Å². The van der Waals surface area contributed by atoms with Crippen LogP contribution in [0.3, 0.4) is 0 Å². The van der Waals surface area contributed by atoms with Gasteiger partial charge >= 0.3 is 0 Å². The van der Waals surface area contributed by atoms with Crippen molar-refractivity contribution in [3.63, 3.8) is 0 Å². The van der Waals surface area contributed by atoms with Crippen molar-refractivity contribution in [3.8, 4) is 0 Å². The van der Waals surface area contributed by atoms with Crippen LogP contribution in [0.15, 0.2) is 18.3 Å². The van der Waals surface area contributed by atoms with Gasteiger partial charge in [-0.05, 0) is 26.0 Å². The lowest BCUT2D eigenvalue weighted by Crippen LogP contribution is -2.41. The summed E-state index contributed by atoms with van der Waals surface area (Å²) in [6.07, 6.45) is 1.44. The number of nitrogens with zero attached hydrogens (tertiary/aromatic N) is 2. The van der Waals surface area contributed by atoms with Gasteiger partial charge in [-0.3, -0.25) is 14.6 Å². The molecular formula is C13H18N4O2S. The largest absolute Gasteiger partial charge is 0.389 e. The molecule has 3 N–H and O–H groups in total. The van der Waals surface area contributed by atoms with Crippen molar-refractivity contribution < 1.29 is 9.59 Å². The lowest BCUT2D eigenvalue weighted by atomic mass is 10.2. The van der Waals surface area contributed by atoms with Crippen molar-refractivity contribution in [1.82, 2.24) is 15.2 Å². The van der Waals surface area contributed by atoms with Gasteiger partial charge in [0, 0.05) is 24.8 Å². The number of rotatable bonds is 5. The Bertz CT molecular complexity index is 514. The van der Waals surface area contributed by atoms with Crippen LogP contribution in [0.1, 0.15) is 29.9 Å². The highest BCUT2D eigenvalue weighted by molar-refractivity contribution is 7.80. The summed E-state index contributed by atoms with van der Waals surface area (Å²) in [5, 5.41) is 2.72. The molecule has 0 unspecified atom stereocenters. The molecule has 0 spiro atoms. The van der Waals surface area contributed by atoms with Crippen molar-refractivity contribution in [2.75, 3.05) is 13.6 Å². The molecule has 0 aliphatic heterocycles. The van der Waals surface area contributed by atoms with Gasteiger partial charge in [0.1, 0.15) is 10.7 Å². The number of carbonyl (C=O) groups excluding carboxylic acids is 2. The van der Waals surface area contributed by atoms with Gasteiger partial charge < -0.3 is 16.0 Å². The molecule has 2 amide bonds. The Labute approximate surface area is 123 Å². The Kier molecular flexibility index (Phi) is 5.57. The predicted molar refractivity (Wildman–Crippen MR) is 80.4 cm³/mol. The van der Waals surface area contributed by atoms with Crippen LogP contribution in [-0.4, -0.2) is 46.3 Å². The molecule has 20 heavy (non-hydrogen) atoms. The molecular weight excluding hydrogens is 276 g/mol. The standard InChI is InChI=1S/C13H18N4O2S/c1-8(2)16-11(18)7-17(3)13(19)10-5-4-9(6-15-10)12(14)20/h4-6,8H,7H2,1-3H3,(H2,14,20)(H,16,18). The minimum absolute atomic E-state index is 0.0181. The zero-order valence-corrected chi connectivity index (χ0v) is 12.5. The van der Waals surface area contributed by atoms with E-state index in [0.29, 0.717) is 5.56 Å². The summed E-state index contributed by atoms with van der Waals surface area (Å²) >= 11 is 4.81. The molecule has 7 heteroatoms. The van der Waals surface area contributed by atoms with E-state index in [4.69, 9.17) is 18.0 Å². The van der Waals surface area contributed by atoms with Crippen LogP contribution >= 0.6 is 12.2 Å². The summed E-state index contributed by atoms with van der Waals surface area (Å²) in [5.41, 5.74) is 6.29. The molecule has 0 bridgehead atoms. The second kappa shape index (κ2) is 6.95. The van der Waals surface area contributed by atoms with Crippen LogP contribution in [-0.2, 0) is 4.79 Å². The van der Waals surface area contributed by atoms with Crippen molar-refractivity contribution in [1.29, 1.82) is 0 Å². The van der Waals surface area contributed by atoms with Crippen LogP contribution in [0, 0.1) is 0 Å². The molecule has 0 fully saturated rings. The van der Waals surface area contributed by atoms with Gasteiger partial charge in [-0.25, -0.2) is 0 Å². The zero-order valence-electron chi connectivity index (χ0n) is 11.7. The van der Waals surface area contributed by atoms with Crippen LogP contribution in [0.25, 0.3) is 0 Å². The minimum atomic E-state index is -0.335. The van der Waals surface area contributed by atoms with E-state index in [-0.39, 0.29) is 35.1 Å². The zero-order chi connectivity index (χ0) is 15.3. The summed E-state index contributed by atoms with van der Waals surface area (Å²) in [6, 6.07) is 3.20. The monoisotopic (exact) mass is 294 g/mol. The van der Waals surface area contributed by atoms with Gasteiger partial charge in [0.05, 0.1) is 6.54 Å². The SMILES string of the molecule is CC(C)NC(=O)CN(C)C(=O)c1ccc(C(N)=S)cn1. The third-order valence-electron chi connectivity index (χ3n) is 2.44. The fourth-order valence-corrected chi connectivity index (χ4v) is 1.64. The minimum Gasteiger partial charge on any atom is -0.389 e. The van der Waals surface area contributed by atoms with Crippen molar-refractivity contribution in [2.24, 2.45) is 5.73 Å². The van der Waals surface area contributed by atoms with E-state index in [2.05, 4.69) is 10.3 Å². The summed E-state index contributed by atoms with van der Waals surface area (Å²) in [6.45, 7) is 3.70. The van der Waals surface area contributed by atoms with Crippen LogP contribution in [0.2, 0.25) is 0 Å². The molecule has 0 aromatic carbocycles. The number of carbonyl (C=O) groups is 2. The van der Waals surface area contributed by atoms with Crippen LogP contribution < -0.4 is 11.1 Å². The van der Waals surface area contributed by atoms with Gasteiger partial charge in [0.25, 0.3) is 5.91 Å². The van der Waals surface area contributed by atoms with Gasteiger partial charge in [-0.15, -0.1) is 0 Å². The predicted octanol–water partition coefficient (Wildman–Crippen LogP) is 0.312. The maximum atomic E-state index is 12.1. The second-order valence-corrected chi connectivity index (χ2v) is 5.12. The highest BCUT2D eigenvalue weighted by Gasteiger charge is 2.16. The van der Waals surface area contributed by atoms with Gasteiger partial charge in [-0.2, -0.15) is 0 Å². The highest BCUT2D eigenvalue weighted by Crippen LogP contribution is 2.03. The van der Waals surface area contributed by atoms with Gasteiger partial charge in [0.2, 0.25) is 5.91 Å². The van der Waals surface area contributed by atoms with Crippen LogP contribution in [0.5, 0.6) is 0 Å². The smallest absolute Gasteiger partial charge is 0.272 e. The Hall–Kier alpha value is -2.02. The first kappa shape index (κ1) is 16.0. The van der Waals surface area contributed by atoms with Crippen molar-refractivity contribution in [2.45, 2.75) is 19.9 Å². The van der Waals surface area contributed by atoms with E-state index >= 15 is 0 Å². The summed E-state index contributed by atoms with van der Waals surface area (Å²) in [4.78, 5) is 29.2. The quantitative estimate of drug-likeness (QED) is 0.763. The van der Waals surface area contributed by atoms with E-state index in [9.17, 15) is 9.59 Å². The Balaban J connectivity index is 2.69. The fraction of sp³-hybridized carbons (Fsp3) is 0.385. The molecule has 0 saturated carbocycles. The lowest BCUT2D eigenvalue weighted by Gasteiger charge is -2.17. The number of thiocarbonyl (C=S) groups is 1. The average Bonchev–Trinajstić information content (AvgIpc) is 2.36. The first-order valence-corrected chi connectivity index (χ1v) is 6.52. The third kappa shape index (κ3) is 4.58. The molecule has 6 nitrogen and oxygen atoms in total. The third-order valence-corrected chi connectivity index (χ3v) is 2.68. The Morgan fingerprint density at radius 1 is 1.45 bits per heavy atom. The first-order valence-electron chi connectivity index (χ1n) is 6.12. The molecule has 0 saturated heterocycles. The maximum absolute atomic E-state index is 12.1. The molecule has 1 aromatic rings. The Morgan fingerprint density at radius 3 is 2.55 bits per heavy atom. The molecule has 108 valence electrons. The van der Waals surface area contributed by atoms with E-state index in [1.807, 2.05) is 13.8 Å². The molecule has 1 heterocycles. The van der Waals surface area contributed by atoms with Crippen molar-refractivity contribution in [3.05, 3.63) is 29.6 Å².